The number of Topliss-reactive ketones (excluding diaryl/α,β-unsaturated/α-hetero) is 1. The third kappa shape index (κ3) is 4.75. The summed E-state index contributed by atoms with van der Waals surface area (Å²) in [6.45, 7) is 3.46. The van der Waals surface area contributed by atoms with Crippen molar-refractivity contribution in [2.75, 3.05) is 19.1 Å². The number of ketones is 1. The van der Waals surface area contributed by atoms with Crippen LogP contribution in [0.25, 0.3) is 5.76 Å². The number of ether oxygens (including phenoxy) is 3. The Labute approximate surface area is 213 Å². The molecule has 1 aliphatic rings. The van der Waals surface area contributed by atoms with Crippen LogP contribution in [0.1, 0.15) is 41.4 Å². The molecule has 0 saturated carbocycles. The van der Waals surface area contributed by atoms with Gasteiger partial charge >= 0.3 is 5.97 Å². The average Bonchev–Trinajstić information content (AvgIpc) is 3.18. The van der Waals surface area contributed by atoms with Gasteiger partial charge < -0.3 is 19.3 Å². The van der Waals surface area contributed by atoms with Gasteiger partial charge in [-0.05, 0) is 55.8 Å². The lowest BCUT2D eigenvalue weighted by Crippen LogP contribution is -2.29. The summed E-state index contributed by atoms with van der Waals surface area (Å²) in [6.07, 6.45) is 2.73. The van der Waals surface area contributed by atoms with Crippen LogP contribution >= 0.6 is 0 Å². The van der Waals surface area contributed by atoms with E-state index in [1.807, 2.05) is 0 Å². The van der Waals surface area contributed by atoms with Crippen LogP contribution in [0.5, 0.6) is 11.5 Å². The second-order valence-electron chi connectivity index (χ2n) is 8.50. The Morgan fingerprint density at radius 3 is 2.27 bits per heavy atom. The van der Waals surface area contributed by atoms with Gasteiger partial charge in [0.05, 0.1) is 37.5 Å². The summed E-state index contributed by atoms with van der Waals surface area (Å²) in [7, 11) is 2.84. The monoisotopic (exact) mass is 502 g/mol. The van der Waals surface area contributed by atoms with Gasteiger partial charge in [0.15, 0.2) is 0 Å². The molecule has 1 unspecified atom stereocenters. The van der Waals surface area contributed by atoms with E-state index in [0.717, 1.165) is 0 Å². The van der Waals surface area contributed by atoms with Crippen LogP contribution in [0.3, 0.4) is 0 Å². The summed E-state index contributed by atoms with van der Waals surface area (Å²) in [4.78, 5) is 44.8. The second kappa shape index (κ2) is 10.5. The third-order valence-corrected chi connectivity index (χ3v) is 5.81. The summed E-state index contributed by atoms with van der Waals surface area (Å²) >= 11 is 0. The minimum absolute atomic E-state index is 0.133. The number of carbonyl (C=O) groups is 3. The summed E-state index contributed by atoms with van der Waals surface area (Å²) in [5, 5.41) is 11.5. The number of esters is 1. The molecular formula is C28H26N2O7. The quantitative estimate of drug-likeness (QED) is 0.220. The van der Waals surface area contributed by atoms with E-state index in [1.165, 1.54) is 31.4 Å². The first-order valence-corrected chi connectivity index (χ1v) is 11.5. The van der Waals surface area contributed by atoms with Crippen molar-refractivity contribution in [3.05, 3.63) is 89.3 Å². The van der Waals surface area contributed by atoms with Crippen LogP contribution in [0.2, 0.25) is 0 Å². The van der Waals surface area contributed by atoms with E-state index in [1.54, 1.807) is 68.6 Å². The molecule has 3 aromatic rings. The van der Waals surface area contributed by atoms with Gasteiger partial charge in [-0.3, -0.25) is 19.5 Å². The van der Waals surface area contributed by atoms with E-state index in [2.05, 4.69) is 4.98 Å². The highest BCUT2D eigenvalue weighted by atomic mass is 16.5. The summed E-state index contributed by atoms with van der Waals surface area (Å²) in [5.74, 6) is -2.30. The first-order chi connectivity index (χ1) is 17.8. The maximum atomic E-state index is 13.4. The van der Waals surface area contributed by atoms with Gasteiger partial charge in [-0.15, -0.1) is 0 Å². The van der Waals surface area contributed by atoms with Gasteiger partial charge in [0.1, 0.15) is 22.8 Å². The van der Waals surface area contributed by atoms with Crippen molar-refractivity contribution < 1.29 is 33.7 Å². The molecule has 1 fully saturated rings. The minimum atomic E-state index is -1.04. The molecule has 1 atom stereocenters. The molecule has 190 valence electrons. The minimum Gasteiger partial charge on any atom is -0.506 e. The molecule has 37 heavy (non-hydrogen) atoms. The molecule has 0 spiro atoms. The van der Waals surface area contributed by atoms with E-state index in [-0.39, 0.29) is 40.0 Å². The molecule has 1 aromatic heterocycles. The van der Waals surface area contributed by atoms with Crippen molar-refractivity contribution in [2.24, 2.45) is 0 Å². The van der Waals surface area contributed by atoms with Crippen molar-refractivity contribution in [3.8, 4) is 11.5 Å². The Hall–Kier alpha value is -4.66. The number of aromatic nitrogens is 1. The normalized spacial score (nSPS) is 16.7. The van der Waals surface area contributed by atoms with Crippen molar-refractivity contribution in [2.45, 2.75) is 26.0 Å². The third-order valence-electron chi connectivity index (χ3n) is 5.81. The van der Waals surface area contributed by atoms with E-state index >= 15 is 0 Å². The predicted octanol–water partition coefficient (Wildman–Crippen LogP) is 4.29. The molecule has 1 amide bonds. The molecule has 1 saturated heterocycles. The Kier molecular flexibility index (Phi) is 7.24. The maximum absolute atomic E-state index is 13.4. The van der Waals surface area contributed by atoms with Crippen molar-refractivity contribution in [1.29, 1.82) is 0 Å². The van der Waals surface area contributed by atoms with Crippen molar-refractivity contribution in [1.82, 2.24) is 4.98 Å². The lowest BCUT2D eigenvalue weighted by atomic mass is 9.95. The number of hydrogen-bond donors (Lipinski definition) is 1. The molecular weight excluding hydrogens is 476 g/mol. The maximum Gasteiger partial charge on any atom is 0.338 e. The lowest BCUT2D eigenvalue weighted by molar-refractivity contribution is -0.132. The fourth-order valence-corrected chi connectivity index (χ4v) is 4.24. The van der Waals surface area contributed by atoms with Gasteiger partial charge in [-0.2, -0.15) is 0 Å². The largest absolute Gasteiger partial charge is 0.506 e. The topological polar surface area (TPSA) is 115 Å². The molecule has 2 heterocycles. The molecule has 9 nitrogen and oxygen atoms in total. The highest BCUT2D eigenvalue weighted by Gasteiger charge is 2.47. The molecule has 0 aliphatic carbocycles. The van der Waals surface area contributed by atoms with Crippen LogP contribution in [-0.4, -0.2) is 48.1 Å². The molecule has 1 aliphatic heterocycles. The molecule has 2 aromatic carbocycles. The van der Waals surface area contributed by atoms with E-state index in [0.29, 0.717) is 5.56 Å². The highest BCUT2D eigenvalue weighted by Crippen LogP contribution is 2.45. The number of nitrogens with zero attached hydrogens (tertiary/aromatic N) is 2. The van der Waals surface area contributed by atoms with Crippen LogP contribution < -0.4 is 14.4 Å². The standard InChI is InChI=1S/C28H26N2O7/c1-16(2)37-28(34)17-8-5-10-19(14-17)30-24(18-9-7-13-29-15-18)23(26(32)27(30)33)25(31)22-20(35-3)11-6-12-21(22)36-4/h5-16,24,31H,1-4H3/b25-23+. The number of carbonyl (C=O) groups excluding carboxylic acids is 3. The Morgan fingerprint density at radius 2 is 1.68 bits per heavy atom. The first-order valence-electron chi connectivity index (χ1n) is 11.5. The summed E-state index contributed by atoms with van der Waals surface area (Å²) in [6, 6.07) is 13.4. The number of aliphatic hydroxyl groups is 1. The van der Waals surface area contributed by atoms with Gasteiger partial charge in [0.2, 0.25) is 0 Å². The number of pyridine rings is 1. The highest BCUT2D eigenvalue weighted by molar-refractivity contribution is 6.51. The van der Waals surface area contributed by atoms with E-state index in [4.69, 9.17) is 14.2 Å². The molecule has 1 N–H and O–H groups in total. The number of rotatable bonds is 7. The fraction of sp³-hybridized carbons (Fsp3) is 0.214. The van der Waals surface area contributed by atoms with Crippen LogP contribution in [0, 0.1) is 0 Å². The smallest absolute Gasteiger partial charge is 0.338 e. The number of benzene rings is 2. The van der Waals surface area contributed by atoms with Crippen LogP contribution in [0.15, 0.2) is 72.6 Å². The Balaban J connectivity index is 1.94. The second-order valence-corrected chi connectivity index (χ2v) is 8.50. The van der Waals surface area contributed by atoms with Crippen LogP contribution in [0.4, 0.5) is 5.69 Å². The number of anilines is 1. The van der Waals surface area contributed by atoms with Gasteiger partial charge in [-0.1, -0.05) is 18.2 Å². The van der Waals surface area contributed by atoms with Gasteiger partial charge in [0.25, 0.3) is 11.7 Å². The van der Waals surface area contributed by atoms with Gasteiger partial charge in [0, 0.05) is 18.1 Å². The van der Waals surface area contributed by atoms with Crippen molar-refractivity contribution in [3.63, 3.8) is 0 Å². The van der Waals surface area contributed by atoms with Crippen LogP contribution in [-0.2, 0) is 14.3 Å². The molecule has 0 bridgehead atoms. The molecule has 0 radical (unpaired) electrons. The lowest BCUT2D eigenvalue weighted by Gasteiger charge is -2.25. The molecule has 4 rings (SSSR count). The summed E-state index contributed by atoms with van der Waals surface area (Å²) < 4.78 is 16.1. The summed E-state index contributed by atoms with van der Waals surface area (Å²) in [5.41, 5.74) is 0.932. The Morgan fingerprint density at radius 1 is 1.00 bits per heavy atom. The average molecular weight is 503 g/mol. The number of amides is 1. The number of methoxy groups -OCH3 is 2. The van der Waals surface area contributed by atoms with E-state index in [9.17, 15) is 19.5 Å². The molecule has 9 heteroatoms. The van der Waals surface area contributed by atoms with Crippen molar-refractivity contribution >= 4 is 29.1 Å². The predicted molar refractivity (Wildman–Crippen MR) is 136 cm³/mol. The zero-order chi connectivity index (χ0) is 26.7. The first kappa shape index (κ1) is 25.4. The van der Waals surface area contributed by atoms with E-state index < -0.39 is 29.5 Å². The van der Waals surface area contributed by atoms with Gasteiger partial charge in [-0.25, -0.2) is 4.79 Å². The Bertz CT molecular complexity index is 1360. The zero-order valence-electron chi connectivity index (χ0n) is 20.8. The SMILES string of the molecule is COc1cccc(OC)c1/C(O)=C1\C(=O)C(=O)N(c2cccc(C(=O)OC(C)C)c2)C1c1cccnc1. The zero-order valence-corrected chi connectivity index (χ0v) is 20.8. The fourth-order valence-electron chi connectivity index (χ4n) is 4.24. The number of hydrogen-bond acceptors (Lipinski definition) is 8. The number of aliphatic hydroxyl groups excluding tert-OH is 1.